The number of halogens is 7. The van der Waals surface area contributed by atoms with Crippen molar-refractivity contribution in [2.24, 2.45) is 0 Å². The van der Waals surface area contributed by atoms with Gasteiger partial charge in [0.25, 0.3) is 10.0 Å². The normalized spacial score (nSPS) is 12.1. The van der Waals surface area contributed by atoms with Crippen molar-refractivity contribution in [2.45, 2.75) is 17.2 Å². The Morgan fingerprint density at radius 1 is 0.732 bits per heavy atom. The number of nitrogens with zero attached hydrogens (tertiary/aromatic N) is 3. The van der Waals surface area contributed by atoms with Crippen LogP contribution in [-0.2, 0) is 16.2 Å². The van der Waals surface area contributed by atoms with E-state index in [9.17, 15) is 39.2 Å². The molecule has 3 N–H and O–H groups in total. The second-order valence-electron chi connectivity index (χ2n) is 8.13. The summed E-state index contributed by atoms with van der Waals surface area (Å²) in [4.78, 5) is 11.2. The van der Waals surface area contributed by atoms with Crippen molar-refractivity contribution in [3.63, 3.8) is 0 Å². The summed E-state index contributed by atoms with van der Waals surface area (Å²) < 4.78 is 122. The maximum atomic E-state index is 13.1. The fourth-order valence-electron chi connectivity index (χ4n) is 3.16. The van der Waals surface area contributed by atoms with Crippen LogP contribution in [0.1, 0.15) is 5.56 Å². The second kappa shape index (κ2) is 11.4. The molecule has 216 valence electrons. The van der Waals surface area contributed by atoms with E-state index < -0.39 is 52.3 Å². The van der Waals surface area contributed by atoms with Crippen molar-refractivity contribution >= 4 is 39.0 Å². The first kappa shape index (κ1) is 29.3. The molecule has 0 aliphatic rings. The molecule has 0 aliphatic carbocycles. The van der Waals surface area contributed by atoms with Crippen LogP contribution in [0.5, 0.6) is 6.01 Å². The van der Waals surface area contributed by atoms with Crippen molar-refractivity contribution in [3.8, 4) is 6.01 Å². The molecule has 1 aromatic heterocycles. The zero-order valence-electron chi connectivity index (χ0n) is 20.3. The summed E-state index contributed by atoms with van der Waals surface area (Å²) in [6.07, 6.45) is -9.39. The molecule has 4 aromatic rings. The molecule has 0 unspecified atom stereocenters. The standard InChI is InChI=1S/C24H17F7N6O3S/c25-15-4-6-17(7-5-15)37-41(38,39)19-10-8-16(9-11-19)32-20-34-21(36-22(35-20)40-13-23(26,27)28)33-18-3-1-2-14(12-18)24(29,30)31/h1-12,37H,13H2,(H2,32,33,34,35,36). The molecule has 0 aliphatic heterocycles. The smallest absolute Gasteiger partial charge is 0.422 e. The molecule has 0 saturated heterocycles. The van der Waals surface area contributed by atoms with Gasteiger partial charge in [-0.25, -0.2) is 12.8 Å². The van der Waals surface area contributed by atoms with Crippen LogP contribution in [0.2, 0.25) is 0 Å². The van der Waals surface area contributed by atoms with Gasteiger partial charge in [0.1, 0.15) is 5.82 Å². The zero-order valence-corrected chi connectivity index (χ0v) is 21.1. The van der Waals surface area contributed by atoms with Crippen molar-refractivity contribution in [3.05, 3.63) is 84.2 Å². The van der Waals surface area contributed by atoms with Gasteiger partial charge in [-0.05, 0) is 66.7 Å². The third-order valence-corrected chi connectivity index (χ3v) is 6.34. The highest BCUT2D eigenvalue weighted by Crippen LogP contribution is 2.31. The summed E-state index contributed by atoms with van der Waals surface area (Å²) in [6, 6.07) is 12.7. The average Bonchev–Trinajstić information content (AvgIpc) is 2.88. The van der Waals surface area contributed by atoms with E-state index in [0.717, 1.165) is 30.3 Å². The third kappa shape index (κ3) is 8.41. The minimum Gasteiger partial charge on any atom is -0.454 e. The van der Waals surface area contributed by atoms with Gasteiger partial charge in [-0.2, -0.15) is 41.3 Å². The number of nitrogens with one attached hydrogen (secondary N) is 3. The van der Waals surface area contributed by atoms with Crippen molar-refractivity contribution in [2.75, 3.05) is 22.0 Å². The predicted molar refractivity (Wildman–Crippen MR) is 133 cm³/mol. The van der Waals surface area contributed by atoms with Crippen molar-refractivity contribution < 1.29 is 43.9 Å². The van der Waals surface area contributed by atoms with Crippen LogP contribution in [0.4, 0.5) is 59.7 Å². The summed E-state index contributed by atoms with van der Waals surface area (Å²) in [7, 11) is -4.06. The van der Waals surface area contributed by atoms with Crippen molar-refractivity contribution in [1.82, 2.24) is 15.0 Å². The Hall–Kier alpha value is -4.67. The monoisotopic (exact) mass is 602 g/mol. The first-order chi connectivity index (χ1) is 19.2. The van der Waals surface area contributed by atoms with Gasteiger partial charge in [0.15, 0.2) is 6.61 Å². The summed E-state index contributed by atoms with van der Waals surface area (Å²) >= 11 is 0. The molecule has 0 amide bonds. The molecule has 41 heavy (non-hydrogen) atoms. The fourth-order valence-corrected chi connectivity index (χ4v) is 4.22. The van der Waals surface area contributed by atoms with Crippen LogP contribution >= 0.6 is 0 Å². The van der Waals surface area contributed by atoms with E-state index >= 15 is 0 Å². The Morgan fingerprint density at radius 3 is 1.90 bits per heavy atom. The lowest BCUT2D eigenvalue weighted by Crippen LogP contribution is -2.20. The number of anilines is 5. The van der Waals surface area contributed by atoms with Gasteiger partial charge < -0.3 is 15.4 Å². The highest BCUT2D eigenvalue weighted by Gasteiger charge is 2.31. The Kier molecular flexibility index (Phi) is 8.18. The molecule has 0 radical (unpaired) electrons. The maximum absolute atomic E-state index is 13.1. The first-order valence-corrected chi connectivity index (χ1v) is 12.7. The number of alkyl halides is 6. The SMILES string of the molecule is O=S(=O)(Nc1ccc(F)cc1)c1ccc(Nc2nc(Nc3cccc(C(F)(F)F)c3)nc(OCC(F)(F)F)n2)cc1. The van der Waals surface area contributed by atoms with E-state index in [2.05, 4.69) is 35.0 Å². The van der Waals surface area contributed by atoms with E-state index in [-0.39, 0.29) is 27.9 Å². The van der Waals surface area contributed by atoms with Crippen LogP contribution in [0.3, 0.4) is 0 Å². The van der Waals surface area contributed by atoms with Crippen LogP contribution in [-0.4, -0.2) is 36.2 Å². The molecule has 17 heteroatoms. The minimum absolute atomic E-state index is 0.117. The molecule has 1 heterocycles. The topological polar surface area (TPSA) is 118 Å². The highest BCUT2D eigenvalue weighted by molar-refractivity contribution is 7.92. The minimum atomic E-state index is -4.74. The van der Waals surface area contributed by atoms with Gasteiger partial charge in [0.05, 0.1) is 10.5 Å². The first-order valence-electron chi connectivity index (χ1n) is 11.2. The quantitative estimate of drug-likeness (QED) is 0.192. The largest absolute Gasteiger partial charge is 0.454 e. The van der Waals surface area contributed by atoms with Crippen LogP contribution in [0.15, 0.2) is 77.7 Å². The summed E-state index contributed by atoms with van der Waals surface area (Å²) in [5.41, 5.74) is -0.816. The Bertz CT molecular complexity index is 1620. The van der Waals surface area contributed by atoms with Crippen molar-refractivity contribution in [1.29, 1.82) is 0 Å². The third-order valence-electron chi connectivity index (χ3n) is 4.94. The number of rotatable bonds is 9. The molecule has 0 atom stereocenters. The molecular formula is C24H17F7N6O3S. The summed E-state index contributed by atoms with van der Waals surface area (Å²) in [6.45, 7) is -1.76. The summed E-state index contributed by atoms with van der Waals surface area (Å²) in [5.74, 6) is -1.37. The van der Waals surface area contributed by atoms with E-state index in [4.69, 9.17) is 0 Å². The van der Waals surface area contributed by atoms with Gasteiger partial charge in [-0.1, -0.05) is 6.07 Å². The number of hydrogen-bond acceptors (Lipinski definition) is 8. The molecule has 4 rings (SSSR count). The fraction of sp³-hybridized carbons (Fsp3) is 0.125. The molecule has 9 nitrogen and oxygen atoms in total. The van der Waals surface area contributed by atoms with E-state index in [1.807, 2.05) is 0 Å². The number of ether oxygens (including phenoxy) is 1. The van der Waals surface area contributed by atoms with Gasteiger partial charge in [-0.15, -0.1) is 0 Å². The molecule has 0 bridgehead atoms. The van der Waals surface area contributed by atoms with Gasteiger partial charge in [0.2, 0.25) is 11.9 Å². The molecule has 0 spiro atoms. The van der Waals surface area contributed by atoms with Gasteiger partial charge in [0, 0.05) is 17.1 Å². The number of sulfonamides is 1. The van der Waals surface area contributed by atoms with Gasteiger partial charge in [-0.3, -0.25) is 4.72 Å². The molecule has 0 saturated carbocycles. The van der Waals surface area contributed by atoms with Crippen LogP contribution in [0.25, 0.3) is 0 Å². The Morgan fingerprint density at radius 2 is 1.32 bits per heavy atom. The number of aromatic nitrogens is 3. The zero-order chi connectivity index (χ0) is 29.8. The molecular weight excluding hydrogens is 585 g/mol. The van der Waals surface area contributed by atoms with Crippen LogP contribution in [0, 0.1) is 5.82 Å². The lowest BCUT2D eigenvalue weighted by atomic mass is 10.2. The lowest BCUT2D eigenvalue weighted by molar-refractivity contribution is -0.154. The number of hydrogen-bond donors (Lipinski definition) is 3. The Labute approximate surface area is 227 Å². The summed E-state index contributed by atoms with van der Waals surface area (Å²) in [5, 5.41) is 5.10. The second-order valence-corrected chi connectivity index (χ2v) is 9.82. The Balaban J connectivity index is 1.56. The predicted octanol–water partition coefficient (Wildman–Crippen LogP) is 6.26. The van der Waals surface area contributed by atoms with Gasteiger partial charge >= 0.3 is 18.4 Å². The van der Waals surface area contributed by atoms with E-state index in [1.54, 1.807) is 0 Å². The lowest BCUT2D eigenvalue weighted by Gasteiger charge is -2.13. The average molecular weight is 602 g/mol. The maximum Gasteiger partial charge on any atom is 0.422 e. The molecule has 0 fully saturated rings. The molecule has 3 aromatic carbocycles. The van der Waals surface area contributed by atoms with Crippen LogP contribution < -0.4 is 20.1 Å². The highest BCUT2D eigenvalue weighted by atomic mass is 32.2. The van der Waals surface area contributed by atoms with E-state index in [0.29, 0.717) is 0 Å². The van der Waals surface area contributed by atoms with E-state index in [1.165, 1.54) is 42.5 Å². The number of benzene rings is 3.